The number of ether oxygens (including phenoxy) is 2. The van der Waals surface area contributed by atoms with Gasteiger partial charge in [-0.15, -0.1) is 0 Å². The summed E-state index contributed by atoms with van der Waals surface area (Å²) in [6.07, 6.45) is 0. The predicted octanol–water partition coefficient (Wildman–Crippen LogP) is 3.02. The van der Waals surface area contributed by atoms with Crippen LogP contribution in [0.3, 0.4) is 0 Å². The average Bonchev–Trinajstić information content (AvgIpc) is 2.68. The summed E-state index contributed by atoms with van der Waals surface area (Å²) in [5.41, 5.74) is 1.99. The van der Waals surface area contributed by atoms with Gasteiger partial charge in [0.05, 0.1) is 0 Å². The number of fused-ring (bicyclic) bond motifs is 1. The summed E-state index contributed by atoms with van der Waals surface area (Å²) in [4.78, 5) is 17.0. The molecule has 0 radical (unpaired) electrons. The highest BCUT2D eigenvalue weighted by Gasteiger charge is 2.22. The molecule has 0 unspecified atom stereocenters. The maximum atomic E-state index is 12.7. The van der Waals surface area contributed by atoms with E-state index >= 15 is 0 Å². The minimum absolute atomic E-state index is 0.127. The summed E-state index contributed by atoms with van der Waals surface area (Å²) in [5.74, 6) is 1.79. The lowest BCUT2D eigenvalue weighted by atomic mass is 10.1. The van der Waals surface area contributed by atoms with Crippen LogP contribution in [-0.4, -0.2) is 55.1 Å². The lowest BCUT2D eigenvalue weighted by Gasteiger charge is -2.35. The van der Waals surface area contributed by atoms with E-state index in [1.807, 2.05) is 35.2 Å². The Labute approximate surface area is 167 Å². The van der Waals surface area contributed by atoms with Gasteiger partial charge in [0, 0.05) is 41.9 Å². The van der Waals surface area contributed by atoms with E-state index in [9.17, 15) is 4.79 Å². The fraction of sp³-hybridized carbons (Fsp3) is 0.350. The molecule has 4 rings (SSSR count). The molecular weight excluding hydrogens is 443 g/mol. The number of nitrogens with zero attached hydrogens (tertiary/aromatic N) is 2. The Kier molecular flexibility index (Phi) is 5.31. The first-order valence-corrected chi connectivity index (χ1v) is 9.93. The molecule has 0 aliphatic carbocycles. The number of piperazine rings is 1. The summed E-state index contributed by atoms with van der Waals surface area (Å²) in [7, 11) is 0. The first-order chi connectivity index (χ1) is 12.7. The maximum absolute atomic E-state index is 12.7. The van der Waals surface area contributed by atoms with Gasteiger partial charge in [0.15, 0.2) is 11.5 Å². The molecule has 26 heavy (non-hydrogen) atoms. The van der Waals surface area contributed by atoms with Crippen molar-refractivity contribution in [3.63, 3.8) is 0 Å². The third-order valence-corrected chi connectivity index (χ3v) is 5.41. The van der Waals surface area contributed by atoms with Crippen LogP contribution in [-0.2, 0) is 6.54 Å². The van der Waals surface area contributed by atoms with E-state index in [-0.39, 0.29) is 5.91 Å². The predicted molar refractivity (Wildman–Crippen MR) is 108 cm³/mol. The van der Waals surface area contributed by atoms with E-state index in [0.29, 0.717) is 13.2 Å². The largest absolute Gasteiger partial charge is 0.486 e. The van der Waals surface area contributed by atoms with Crippen molar-refractivity contribution in [1.82, 2.24) is 9.80 Å². The SMILES string of the molecule is O=C(c1cccc(I)c1)N1CCN(Cc2ccc3c(c2)OCCO3)CC1. The summed E-state index contributed by atoms with van der Waals surface area (Å²) in [6, 6.07) is 13.9. The molecule has 2 aromatic carbocycles. The Hall–Kier alpha value is -1.80. The molecule has 136 valence electrons. The zero-order chi connectivity index (χ0) is 17.9. The van der Waals surface area contributed by atoms with Crippen LogP contribution < -0.4 is 9.47 Å². The van der Waals surface area contributed by atoms with Crippen molar-refractivity contribution in [3.8, 4) is 11.5 Å². The summed E-state index contributed by atoms with van der Waals surface area (Å²) >= 11 is 2.24. The molecule has 2 heterocycles. The molecule has 0 saturated carbocycles. The zero-order valence-electron chi connectivity index (χ0n) is 14.5. The molecule has 0 spiro atoms. The molecule has 1 fully saturated rings. The van der Waals surface area contributed by atoms with Crippen molar-refractivity contribution in [3.05, 3.63) is 57.2 Å². The fourth-order valence-corrected chi connectivity index (χ4v) is 3.90. The van der Waals surface area contributed by atoms with Crippen LogP contribution in [0.5, 0.6) is 11.5 Å². The van der Waals surface area contributed by atoms with Crippen molar-refractivity contribution in [1.29, 1.82) is 0 Å². The van der Waals surface area contributed by atoms with Gasteiger partial charge in [-0.1, -0.05) is 12.1 Å². The van der Waals surface area contributed by atoms with Crippen molar-refractivity contribution in [2.24, 2.45) is 0 Å². The molecule has 0 N–H and O–H groups in total. The molecule has 0 aromatic heterocycles. The third kappa shape index (κ3) is 3.96. The third-order valence-electron chi connectivity index (χ3n) is 4.74. The van der Waals surface area contributed by atoms with Gasteiger partial charge in [-0.3, -0.25) is 9.69 Å². The first kappa shape index (κ1) is 17.6. The second kappa shape index (κ2) is 7.84. The minimum Gasteiger partial charge on any atom is -0.486 e. The molecule has 2 aliphatic rings. The van der Waals surface area contributed by atoms with Crippen LogP contribution in [0.4, 0.5) is 0 Å². The standard InChI is InChI=1S/C20H21IN2O3/c21-17-3-1-2-16(13-17)20(24)23-8-6-22(7-9-23)14-15-4-5-18-19(12-15)26-11-10-25-18/h1-5,12-13H,6-11,14H2. The summed E-state index contributed by atoms with van der Waals surface area (Å²) < 4.78 is 12.3. The molecule has 2 aliphatic heterocycles. The smallest absolute Gasteiger partial charge is 0.253 e. The van der Waals surface area contributed by atoms with Gasteiger partial charge in [0.1, 0.15) is 13.2 Å². The molecular formula is C20H21IN2O3. The van der Waals surface area contributed by atoms with Crippen LogP contribution in [0.15, 0.2) is 42.5 Å². The monoisotopic (exact) mass is 464 g/mol. The van der Waals surface area contributed by atoms with E-state index in [1.54, 1.807) is 0 Å². The summed E-state index contributed by atoms with van der Waals surface area (Å²) in [6.45, 7) is 5.36. The van der Waals surface area contributed by atoms with Gasteiger partial charge >= 0.3 is 0 Å². The molecule has 0 bridgehead atoms. The fourth-order valence-electron chi connectivity index (χ4n) is 3.36. The average molecular weight is 464 g/mol. The normalized spacial score (nSPS) is 17.2. The molecule has 2 aromatic rings. The highest BCUT2D eigenvalue weighted by Crippen LogP contribution is 2.31. The van der Waals surface area contributed by atoms with Crippen LogP contribution >= 0.6 is 22.6 Å². The summed E-state index contributed by atoms with van der Waals surface area (Å²) in [5, 5.41) is 0. The lowest BCUT2D eigenvalue weighted by molar-refractivity contribution is 0.0628. The van der Waals surface area contributed by atoms with Crippen LogP contribution in [0, 0.1) is 3.57 Å². The zero-order valence-corrected chi connectivity index (χ0v) is 16.6. The van der Waals surface area contributed by atoms with Gasteiger partial charge < -0.3 is 14.4 Å². The second-order valence-corrected chi connectivity index (χ2v) is 7.80. The van der Waals surface area contributed by atoms with Crippen LogP contribution in [0.2, 0.25) is 0 Å². The van der Waals surface area contributed by atoms with E-state index in [4.69, 9.17) is 9.47 Å². The number of halogens is 1. The number of carbonyl (C=O) groups is 1. The van der Waals surface area contributed by atoms with Crippen molar-refractivity contribution in [2.75, 3.05) is 39.4 Å². The Morgan fingerprint density at radius 3 is 2.50 bits per heavy atom. The van der Waals surface area contributed by atoms with Gasteiger partial charge in [-0.2, -0.15) is 0 Å². The highest BCUT2D eigenvalue weighted by molar-refractivity contribution is 14.1. The number of hydrogen-bond donors (Lipinski definition) is 0. The van der Waals surface area contributed by atoms with Crippen molar-refractivity contribution < 1.29 is 14.3 Å². The molecule has 1 saturated heterocycles. The molecule has 6 heteroatoms. The number of hydrogen-bond acceptors (Lipinski definition) is 4. The van der Waals surface area contributed by atoms with Gasteiger partial charge in [-0.25, -0.2) is 0 Å². The maximum Gasteiger partial charge on any atom is 0.253 e. The van der Waals surface area contributed by atoms with Crippen LogP contribution in [0.1, 0.15) is 15.9 Å². The van der Waals surface area contributed by atoms with Gasteiger partial charge in [0.25, 0.3) is 5.91 Å². The van der Waals surface area contributed by atoms with E-state index in [0.717, 1.165) is 53.4 Å². The minimum atomic E-state index is 0.127. The quantitative estimate of drug-likeness (QED) is 0.656. The van der Waals surface area contributed by atoms with Crippen LogP contribution in [0.25, 0.3) is 0 Å². The Morgan fingerprint density at radius 2 is 1.73 bits per heavy atom. The molecule has 0 atom stereocenters. The number of rotatable bonds is 3. The number of amides is 1. The topological polar surface area (TPSA) is 42.0 Å². The Balaban J connectivity index is 1.34. The van der Waals surface area contributed by atoms with Gasteiger partial charge in [0.2, 0.25) is 0 Å². The van der Waals surface area contributed by atoms with Gasteiger partial charge in [-0.05, 0) is 58.5 Å². The number of carbonyl (C=O) groups excluding carboxylic acids is 1. The Bertz CT molecular complexity index is 803. The Morgan fingerprint density at radius 1 is 0.962 bits per heavy atom. The van der Waals surface area contributed by atoms with Crippen molar-refractivity contribution >= 4 is 28.5 Å². The highest BCUT2D eigenvalue weighted by atomic mass is 127. The second-order valence-electron chi connectivity index (χ2n) is 6.56. The first-order valence-electron chi connectivity index (χ1n) is 8.85. The lowest BCUT2D eigenvalue weighted by Crippen LogP contribution is -2.48. The number of benzene rings is 2. The van der Waals surface area contributed by atoms with E-state index < -0.39 is 0 Å². The molecule has 1 amide bonds. The van der Waals surface area contributed by atoms with E-state index in [2.05, 4.69) is 39.6 Å². The van der Waals surface area contributed by atoms with E-state index in [1.165, 1.54) is 5.56 Å². The van der Waals surface area contributed by atoms with Crippen molar-refractivity contribution in [2.45, 2.75) is 6.54 Å². The molecule has 5 nitrogen and oxygen atoms in total.